The summed E-state index contributed by atoms with van der Waals surface area (Å²) in [5.74, 6) is 0. The molecule has 1 unspecified atom stereocenters. The summed E-state index contributed by atoms with van der Waals surface area (Å²) < 4.78 is 5.40. The zero-order valence-electron chi connectivity index (χ0n) is 10.8. The zero-order chi connectivity index (χ0) is 11.6. The average molecular weight is 225 g/mol. The van der Waals surface area contributed by atoms with Crippen LogP contribution in [-0.4, -0.2) is 37.2 Å². The molecule has 1 fully saturated rings. The molecule has 0 radical (unpaired) electrons. The lowest BCUT2D eigenvalue weighted by molar-refractivity contribution is 0.0134. The van der Waals surface area contributed by atoms with Crippen molar-refractivity contribution in [3.8, 4) is 0 Å². The molecule has 0 N–H and O–H groups in total. The van der Waals surface area contributed by atoms with Crippen LogP contribution in [0.5, 0.6) is 0 Å². The van der Waals surface area contributed by atoms with Gasteiger partial charge in [-0.25, -0.2) is 0 Å². The van der Waals surface area contributed by atoms with Crippen molar-refractivity contribution in [2.24, 2.45) is 0 Å². The molecule has 0 saturated carbocycles. The monoisotopic (exact) mass is 225 g/mol. The van der Waals surface area contributed by atoms with E-state index in [1.165, 1.54) is 38.5 Å². The Morgan fingerprint density at radius 3 is 2.62 bits per heavy atom. The maximum atomic E-state index is 5.40. The van der Waals surface area contributed by atoms with Crippen LogP contribution >= 0.6 is 0 Å². The van der Waals surface area contributed by atoms with Crippen molar-refractivity contribution in [1.82, 2.24) is 4.90 Å². The molecule has 0 spiro atoms. The third-order valence-corrected chi connectivity index (χ3v) is 3.48. The topological polar surface area (TPSA) is 12.5 Å². The predicted octanol–water partition coefficient (Wildman–Crippen LogP) is 3.23. The average Bonchev–Trinajstić information content (AvgIpc) is 2.35. The van der Waals surface area contributed by atoms with E-state index in [1.54, 1.807) is 0 Å². The standard InChI is InChI=1S/C14H27NO/c1-3-5-6-7-8-9-14(4-2)15-10-12-16-13-11-15/h3,14H,1,4-13H2,2H3. The van der Waals surface area contributed by atoms with E-state index in [2.05, 4.69) is 18.4 Å². The van der Waals surface area contributed by atoms with Gasteiger partial charge in [-0.3, -0.25) is 4.90 Å². The van der Waals surface area contributed by atoms with E-state index >= 15 is 0 Å². The summed E-state index contributed by atoms with van der Waals surface area (Å²) in [6.07, 6.45) is 9.86. The van der Waals surface area contributed by atoms with Gasteiger partial charge in [0, 0.05) is 19.1 Å². The van der Waals surface area contributed by atoms with Gasteiger partial charge in [0.25, 0.3) is 0 Å². The predicted molar refractivity (Wildman–Crippen MR) is 69.8 cm³/mol. The lowest BCUT2D eigenvalue weighted by atomic mass is 10.0. The summed E-state index contributed by atoms with van der Waals surface area (Å²) in [7, 11) is 0. The van der Waals surface area contributed by atoms with Crippen LogP contribution in [0.15, 0.2) is 12.7 Å². The number of rotatable bonds is 8. The molecule has 2 heteroatoms. The first-order chi connectivity index (χ1) is 7.88. The highest BCUT2D eigenvalue weighted by Crippen LogP contribution is 2.15. The zero-order valence-corrected chi connectivity index (χ0v) is 10.8. The number of hydrogen-bond acceptors (Lipinski definition) is 2. The van der Waals surface area contributed by atoms with Crippen LogP contribution in [0.2, 0.25) is 0 Å². The summed E-state index contributed by atoms with van der Waals surface area (Å²) in [5.41, 5.74) is 0. The van der Waals surface area contributed by atoms with Crippen LogP contribution in [0.3, 0.4) is 0 Å². The lowest BCUT2D eigenvalue weighted by Gasteiger charge is -2.34. The van der Waals surface area contributed by atoms with Gasteiger partial charge in [0.1, 0.15) is 0 Å². The van der Waals surface area contributed by atoms with E-state index in [-0.39, 0.29) is 0 Å². The summed E-state index contributed by atoms with van der Waals surface area (Å²) in [4.78, 5) is 2.61. The first-order valence-corrected chi connectivity index (χ1v) is 6.81. The summed E-state index contributed by atoms with van der Waals surface area (Å²) >= 11 is 0. The third-order valence-electron chi connectivity index (χ3n) is 3.48. The van der Waals surface area contributed by atoms with E-state index in [0.29, 0.717) is 0 Å². The number of unbranched alkanes of at least 4 members (excludes halogenated alkanes) is 3. The van der Waals surface area contributed by atoms with Crippen LogP contribution in [0.1, 0.15) is 45.4 Å². The van der Waals surface area contributed by atoms with Crippen LogP contribution in [0.25, 0.3) is 0 Å². The van der Waals surface area contributed by atoms with Crippen molar-refractivity contribution in [2.45, 2.75) is 51.5 Å². The van der Waals surface area contributed by atoms with E-state index in [4.69, 9.17) is 4.74 Å². The number of hydrogen-bond donors (Lipinski definition) is 0. The Balaban J connectivity index is 2.12. The molecule has 1 aliphatic heterocycles. The maximum absolute atomic E-state index is 5.40. The lowest BCUT2D eigenvalue weighted by Crippen LogP contribution is -2.43. The smallest absolute Gasteiger partial charge is 0.0594 e. The SMILES string of the molecule is C=CCCCCCC(CC)N1CCOCC1. The van der Waals surface area contributed by atoms with Gasteiger partial charge in [-0.1, -0.05) is 25.8 Å². The molecule has 2 nitrogen and oxygen atoms in total. The molecule has 0 aliphatic carbocycles. The van der Waals surface area contributed by atoms with E-state index in [1.807, 2.05) is 6.08 Å². The van der Waals surface area contributed by atoms with Crippen molar-refractivity contribution in [3.05, 3.63) is 12.7 Å². The normalized spacial score (nSPS) is 19.6. The molecule has 94 valence electrons. The molecule has 1 aliphatic rings. The van der Waals surface area contributed by atoms with Crippen LogP contribution < -0.4 is 0 Å². The van der Waals surface area contributed by atoms with Crippen LogP contribution in [0.4, 0.5) is 0 Å². The second kappa shape index (κ2) is 8.77. The molecule has 1 rings (SSSR count). The van der Waals surface area contributed by atoms with Gasteiger partial charge in [0.05, 0.1) is 13.2 Å². The van der Waals surface area contributed by atoms with Crippen molar-refractivity contribution >= 4 is 0 Å². The van der Waals surface area contributed by atoms with Gasteiger partial charge in [0.2, 0.25) is 0 Å². The number of ether oxygens (including phenoxy) is 1. The van der Waals surface area contributed by atoms with Crippen molar-refractivity contribution < 1.29 is 4.74 Å². The Kier molecular flexibility index (Phi) is 7.52. The number of allylic oxidation sites excluding steroid dienone is 1. The summed E-state index contributed by atoms with van der Waals surface area (Å²) in [6, 6.07) is 0.785. The maximum Gasteiger partial charge on any atom is 0.0594 e. The number of morpholine rings is 1. The molecule has 1 atom stereocenters. The largest absolute Gasteiger partial charge is 0.379 e. The molecule has 1 saturated heterocycles. The highest BCUT2D eigenvalue weighted by Gasteiger charge is 2.18. The first kappa shape index (κ1) is 13.7. The molecular weight excluding hydrogens is 198 g/mol. The van der Waals surface area contributed by atoms with Crippen LogP contribution in [0, 0.1) is 0 Å². The minimum atomic E-state index is 0.785. The van der Waals surface area contributed by atoms with Crippen molar-refractivity contribution in [1.29, 1.82) is 0 Å². The van der Waals surface area contributed by atoms with Gasteiger partial charge < -0.3 is 4.74 Å². The summed E-state index contributed by atoms with van der Waals surface area (Å²) in [6.45, 7) is 10.2. The Hall–Kier alpha value is -0.340. The Labute approximate surface area is 101 Å². The second-order valence-corrected chi connectivity index (χ2v) is 4.64. The quantitative estimate of drug-likeness (QED) is 0.464. The molecule has 1 heterocycles. The van der Waals surface area contributed by atoms with Gasteiger partial charge >= 0.3 is 0 Å². The Morgan fingerprint density at radius 1 is 1.25 bits per heavy atom. The molecule has 0 aromatic carbocycles. The molecule has 16 heavy (non-hydrogen) atoms. The van der Waals surface area contributed by atoms with Crippen molar-refractivity contribution in [2.75, 3.05) is 26.3 Å². The Morgan fingerprint density at radius 2 is 2.00 bits per heavy atom. The number of nitrogens with zero attached hydrogens (tertiary/aromatic N) is 1. The van der Waals surface area contributed by atoms with Crippen LogP contribution in [-0.2, 0) is 4.74 Å². The molecule has 0 amide bonds. The fourth-order valence-electron chi connectivity index (χ4n) is 2.43. The van der Waals surface area contributed by atoms with E-state index in [0.717, 1.165) is 32.3 Å². The molecule has 0 aromatic heterocycles. The summed E-state index contributed by atoms with van der Waals surface area (Å²) in [5, 5.41) is 0. The molecular formula is C14H27NO. The van der Waals surface area contributed by atoms with Gasteiger partial charge in [-0.15, -0.1) is 6.58 Å². The second-order valence-electron chi connectivity index (χ2n) is 4.64. The fraction of sp³-hybridized carbons (Fsp3) is 0.857. The fourth-order valence-corrected chi connectivity index (χ4v) is 2.43. The minimum Gasteiger partial charge on any atom is -0.379 e. The third kappa shape index (κ3) is 5.13. The molecule has 0 bridgehead atoms. The molecule has 0 aromatic rings. The Bertz CT molecular complexity index is 176. The highest BCUT2D eigenvalue weighted by atomic mass is 16.5. The van der Waals surface area contributed by atoms with E-state index in [9.17, 15) is 0 Å². The van der Waals surface area contributed by atoms with Gasteiger partial charge in [0.15, 0.2) is 0 Å². The van der Waals surface area contributed by atoms with Crippen molar-refractivity contribution in [3.63, 3.8) is 0 Å². The minimum absolute atomic E-state index is 0.785. The first-order valence-electron chi connectivity index (χ1n) is 6.81. The van der Waals surface area contributed by atoms with Gasteiger partial charge in [-0.05, 0) is 25.7 Å². The van der Waals surface area contributed by atoms with Gasteiger partial charge in [-0.2, -0.15) is 0 Å². The van der Waals surface area contributed by atoms with E-state index < -0.39 is 0 Å². The highest BCUT2D eigenvalue weighted by molar-refractivity contribution is 4.73.